The molecule has 1 saturated carbocycles. The number of aryl methyl sites for hydroxylation is 1. The van der Waals surface area contributed by atoms with E-state index in [4.69, 9.17) is 0 Å². The first kappa shape index (κ1) is 15.6. The molecule has 0 unspecified atom stereocenters. The Labute approximate surface area is 135 Å². The van der Waals surface area contributed by atoms with Crippen molar-refractivity contribution in [3.05, 3.63) is 42.2 Å². The summed E-state index contributed by atoms with van der Waals surface area (Å²) in [4.78, 5) is 12.2. The van der Waals surface area contributed by atoms with Gasteiger partial charge in [0.25, 0.3) is 0 Å². The summed E-state index contributed by atoms with van der Waals surface area (Å²) < 4.78 is 1.74. The lowest BCUT2D eigenvalue weighted by atomic mass is 9.93. The maximum absolute atomic E-state index is 12.2. The van der Waals surface area contributed by atoms with Gasteiger partial charge >= 0.3 is 6.03 Å². The van der Waals surface area contributed by atoms with Gasteiger partial charge < -0.3 is 15.7 Å². The first-order valence-corrected chi connectivity index (χ1v) is 8.01. The number of amides is 2. The lowest BCUT2D eigenvalue weighted by Crippen LogP contribution is -2.46. The van der Waals surface area contributed by atoms with E-state index in [1.807, 2.05) is 37.3 Å². The highest BCUT2D eigenvalue weighted by molar-refractivity contribution is 5.90. The molecular weight excluding hydrogens is 292 g/mol. The summed E-state index contributed by atoms with van der Waals surface area (Å²) in [6, 6.07) is 9.26. The number of nitrogens with one attached hydrogen (secondary N) is 2. The van der Waals surface area contributed by atoms with E-state index in [9.17, 15) is 9.90 Å². The number of para-hydroxylation sites is 1. The van der Waals surface area contributed by atoms with Crippen LogP contribution in [0.25, 0.3) is 5.69 Å². The van der Waals surface area contributed by atoms with Crippen LogP contribution in [0.15, 0.2) is 36.5 Å². The molecule has 1 aliphatic rings. The van der Waals surface area contributed by atoms with Gasteiger partial charge in [-0.1, -0.05) is 31.0 Å². The second-order valence-electron chi connectivity index (χ2n) is 5.97. The molecule has 1 aromatic heterocycles. The Morgan fingerprint density at radius 1 is 1.26 bits per heavy atom. The Balaban J connectivity index is 1.66. The highest BCUT2D eigenvalue weighted by atomic mass is 16.3. The van der Waals surface area contributed by atoms with Crippen molar-refractivity contribution in [3.8, 4) is 5.69 Å². The van der Waals surface area contributed by atoms with Gasteiger partial charge in [0.2, 0.25) is 0 Å². The van der Waals surface area contributed by atoms with Crippen molar-refractivity contribution in [2.24, 2.45) is 0 Å². The van der Waals surface area contributed by atoms with E-state index in [1.54, 1.807) is 10.9 Å². The fraction of sp³-hybridized carbons (Fsp3) is 0.412. The maximum atomic E-state index is 12.2. The zero-order valence-corrected chi connectivity index (χ0v) is 13.2. The molecule has 122 valence electrons. The van der Waals surface area contributed by atoms with Crippen LogP contribution < -0.4 is 10.6 Å². The molecule has 6 nitrogen and oxygen atoms in total. The number of carbonyl (C=O) groups excluding carboxylic acids is 1. The van der Waals surface area contributed by atoms with E-state index in [2.05, 4.69) is 15.7 Å². The zero-order valence-electron chi connectivity index (χ0n) is 13.2. The summed E-state index contributed by atoms with van der Waals surface area (Å²) in [5, 5.41) is 20.0. The minimum atomic E-state index is -0.456. The van der Waals surface area contributed by atoms with Crippen molar-refractivity contribution < 1.29 is 9.90 Å². The van der Waals surface area contributed by atoms with Crippen LogP contribution in [-0.4, -0.2) is 33.1 Å². The lowest BCUT2D eigenvalue weighted by molar-refractivity contribution is 0.0955. The van der Waals surface area contributed by atoms with Gasteiger partial charge in [-0.05, 0) is 31.9 Å². The predicted molar refractivity (Wildman–Crippen MR) is 88.7 cm³/mol. The maximum Gasteiger partial charge on any atom is 0.319 e. The highest BCUT2D eigenvalue weighted by Gasteiger charge is 2.24. The number of rotatable bonds is 3. The van der Waals surface area contributed by atoms with Crippen LogP contribution in [0.3, 0.4) is 0 Å². The van der Waals surface area contributed by atoms with Gasteiger partial charge in [-0.3, -0.25) is 0 Å². The number of urea groups is 1. The molecule has 3 N–H and O–H groups in total. The minimum Gasteiger partial charge on any atom is -0.391 e. The van der Waals surface area contributed by atoms with Gasteiger partial charge in [-0.25, -0.2) is 9.48 Å². The normalized spacial score (nSPS) is 21.0. The summed E-state index contributed by atoms with van der Waals surface area (Å²) in [7, 11) is 0. The van der Waals surface area contributed by atoms with Crippen LogP contribution >= 0.6 is 0 Å². The number of nitrogens with zero attached hydrogens (tertiary/aromatic N) is 2. The van der Waals surface area contributed by atoms with Crippen molar-refractivity contribution in [2.75, 3.05) is 5.32 Å². The van der Waals surface area contributed by atoms with Crippen molar-refractivity contribution in [1.29, 1.82) is 0 Å². The molecule has 2 amide bonds. The first-order chi connectivity index (χ1) is 11.1. The number of anilines is 1. The van der Waals surface area contributed by atoms with E-state index >= 15 is 0 Å². The van der Waals surface area contributed by atoms with Crippen LogP contribution in [0.5, 0.6) is 0 Å². The Morgan fingerprint density at radius 3 is 2.74 bits per heavy atom. The van der Waals surface area contributed by atoms with E-state index in [1.165, 1.54) is 0 Å². The van der Waals surface area contributed by atoms with E-state index < -0.39 is 6.10 Å². The lowest BCUT2D eigenvalue weighted by Gasteiger charge is -2.28. The molecule has 6 heteroatoms. The fourth-order valence-corrected chi connectivity index (χ4v) is 2.90. The Kier molecular flexibility index (Phi) is 4.62. The third-order valence-corrected chi connectivity index (χ3v) is 4.21. The van der Waals surface area contributed by atoms with Crippen molar-refractivity contribution >= 4 is 11.7 Å². The monoisotopic (exact) mass is 314 g/mol. The first-order valence-electron chi connectivity index (χ1n) is 8.01. The van der Waals surface area contributed by atoms with E-state index in [-0.39, 0.29) is 12.1 Å². The average molecular weight is 314 g/mol. The molecule has 0 radical (unpaired) electrons. The standard InChI is InChI=1S/C17H22N4O2/c1-12-15(11-21(20-12)13-7-3-2-4-8-13)19-17(23)18-14-9-5-6-10-16(14)22/h2-4,7-8,11,14,16,22H,5-6,9-10H2,1H3,(H2,18,19,23)/t14-,16-/m1/s1. The molecule has 0 spiro atoms. The Bertz CT molecular complexity index is 668. The van der Waals surface area contributed by atoms with Crippen LogP contribution in [0.1, 0.15) is 31.4 Å². The number of carbonyl (C=O) groups is 1. The number of hydrogen-bond acceptors (Lipinski definition) is 3. The average Bonchev–Trinajstić information content (AvgIpc) is 2.91. The predicted octanol–water partition coefficient (Wildman–Crippen LogP) is 2.61. The molecule has 0 saturated heterocycles. The Hall–Kier alpha value is -2.34. The van der Waals surface area contributed by atoms with E-state index in [0.717, 1.165) is 37.1 Å². The van der Waals surface area contributed by atoms with Gasteiger partial charge in [0.15, 0.2) is 0 Å². The van der Waals surface area contributed by atoms with Gasteiger partial charge in [0.05, 0.1) is 35.4 Å². The Morgan fingerprint density at radius 2 is 2.00 bits per heavy atom. The topological polar surface area (TPSA) is 79.2 Å². The molecular formula is C17H22N4O2. The van der Waals surface area contributed by atoms with Gasteiger partial charge in [-0.15, -0.1) is 0 Å². The van der Waals surface area contributed by atoms with Gasteiger partial charge in [0.1, 0.15) is 0 Å². The molecule has 0 aliphatic heterocycles. The van der Waals surface area contributed by atoms with Crippen molar-refractivity contribution in [2.45, 2.75) is 44.8 Å². The van der Waals surface area contributed by atoms with Crippen molar-refractivity contribution in [1.82, 2.24) is 15.1 Å². The molecule has 1 aromatic carbocycles. The smallest absolute Gasteiger partial charge is 0.319 e. The molecule has 2 atom stereocenters. The summed E-state index contributed by atoms with van der Waals surface area (Å²) in [5.74, 6) is 0. The summed E-state index contributed by atoms with van der Waals surface area (Å²) >= 11 is 0. The van der Waals surface area contributed by atoms with Gasteiger partial charge in [-0.2, -0.15) is 5.10 Å². The molecule has 1 fully saturated rings. The van der Waals surface area contributed by atoms with Crippen LogP contribution in [-0.2, 0) is 0 Å². The SMILES string of the molecule is Cc1nn(-c2ccccc2)cc1NC(=O)N[C@@H]1CCCC[C@H]1O. The third-order valence-electron chi connectivity index (χ3n) is 4.21. The zero-order chi connectivity index (χ0) is 16.2. The minimum absolute atomic E-state index is 0.173. The number of aliphatic hydroxyl groups excluding tert-OH is 1. The molecule has 2 aromatic rings. The molecule has 0 bridgehead atoms. The third kappa shape index (κ3) is 3.71. The molecule has 23 heavy (non-hydrogen) atoms. The summed E-state index contributed by atoms with van der Waals surface area (Å²) in [6.45, 7) is 1.85. The quantitative estimate of drug-likeness (QED) is 0.815. The van der Waals surface area contributed by atoms with Gasteiger partial charge in [0, 0.05) is 0 Å². The number of aliphatic hydroxyl groups is 1. The number of hydrogen-bond donors (Lipinski definition) is 3. The highest BCUT2D eigenvalue weighted by Crippen LogP contribution is 2.19. The second-order valence-corrected chi connectivity index (χ2v) is 5.97. The van der Waals surface area contributed by atoms with Crippen LogP contribution in [0, 0.1) is 6.92 Å². The fourth-order valence-electron chi connectivity index (χ4n) is 2.90. The molecule has 3 rings (SSSR count). The number of aromatic nitrogens is 2. The summed E-state index contributed by atoms with van der Waals surface area (Å²) in [6.07, 6.45) is 4.95. The second kappa shape index (κ2) is 6.83. The largest absolute Gasteiger partial charge is 0.391 e. The van der Waals surface area contributed by atoms with Crippen molar-refractivity contribution in [3.63, 3.8) is 0 Å². The summed E-state index contributed by atoms with van der Waals surface area (Å²) in [5.41, 5.74) is 2.34. The molecule has 1 aliphatic carbocycles. The molecule has 1 heterocycles. The van der Waals surface area contributed by atoms with E-state index in [0.29, 0.717) is 5.69 Å². The van der Waals surface area contributed by atoms with Crippen LogP contribution in [0.2, 0.25) is 0 Å². The number of benzene rings is 1. The van der Waals surface area contributed by atoms with Crippen LogP contribution in [0.4, 0.5) is 10.5 Å².